The largest absolute Gasteiger partial charge is 3.00 e. The van der Waals surface area contributed by atoms with Crippen LogP contribution in [0.3, 0.4) is 0 Å². The summed E-state index contributed by atoms with van der Waals surface area (Å²) >= 11 is 18.3. The molecule has 0 saturated heterocycles. The fourth-order valence-corrected chi connectivity index (χ4v) is 0.981. The van der Waals surface area contributed by atoms with Crippen molar-refractivity contribution in [2.24, 2.45) is 0 Å². The van der Waals surface area contributed by atoms with Crippen LogP contribution in [0, 0.1) is 0 Å². The standard InChI is InChI=1S/3C3H5ClO4.C3H4ClO4.Al.2Na/c4*4-8-1-2(5)3(6)7;;;/h3*2,5H,1H2,(H,6,7);2H,1H2,(H,6,7);;;/q;;;-1;+3;2*+1/p-4. The van der Waals surface area contributed by atoms with Crippen molar-refractivity contribution in [1.29, 1.82) is 0 Å². The molecule has 0 bridgehead atoms. The third kappa shape index (κ3) is 45.6. The van der Waals surface area contributed by atoms with Gasteiger partial charge in [0.25, 0.3) is 0 Å². The zero-order valence-electron chi connectivity index (χ0n) is 17.9. The van der Waals surface area contributed by atoms with Crippen LogP contribution in [0.5, 0.6) is 0 Å². The normalized spacial score (nSPS) is 12.1. The van der Waals surface area contributed by atoms with E-state index in [2.05, 4.69) is 64.6 Å². The van der Waals surface area contributed by atoms with Crippen LogP contribution in [0.1, 0.15) is 0 Å². The summed E-state index contributed by atoms with van der Waals surface area (Å²) in [6.45, 7) is -1.93. The fourth-order valence-electron chi connectivity index (χ4n) is 0.508. The number of carbonyl (C=O) groups is 4. The van der Waals surface area contributed by atoms with Gasteiger partial charge in [0.15, 0.2) is 0 Å². The van der Waals surface area contributed by atoms with Crippen LogP contribution in [-0.2, 0) is 36.3 Å². The molecule has 0 aromatic carbocycles. The summed E-state index contributed by atoms with van der Waals surface area (Å²) in [6.07, 6.45) is -6.78. The maximum absolute atomic E-state index is 9.95. The van der Waals surface area contributed by atoms with Gasteiger partial charge in [0.05, 0.1) is 91.8 Å². The van der Waals surface area contributed by atoms with E-state index in [1.54, 1.807) is 0 Å². The molecule has 0 heterocycles. The molecule has 4 atom stereocenters. The van der Waals surface area contributed by atoms with E-state index < -0.39 is 74.7 Å². The van der Waals surface area contributed by atoms with Gasteiger partial charge in [0, 0.05) is 5.97 Å². The van der Waals surface area contributed by atoms with Crippen LogP contribution in [0.2, 0.25) is 0 Å². The molecule has 0 aliphatic carbocycles. The average Bonchev–Trinajstić information content (AvgIpc) is 2.70. The summed E-state index contributed by atoms with van der Waals surface area (Å²) < 4.78 is 15.0. The Hall–Kier alpha value is 1.25. The molecular formula is C12H15AlCl4Na2O16. The Kier molecular flexibility index (Phi) is 56.3. The molecule has 0 spiro atoms. The Morgan fingerprint density at radius 3 is 0.829 bits per heavy atom. The van der Waals surface area contributed by atoms with Crippen molar-refractivity contribution in [3.8, 4) is 0 Å². The molecule has 0 amide bonds. The molecular weight excluding hydrogens is 615 g/mol. The Bertz CT molecular complexity index is 439. The number of halogens is 4. The smallest absolute Gasteiger partial charge is 0.846 e. The number of carboxylic acid groups (broad SMARTS) is 4. The minimum Gasteiger partial charge on any atom is -0.846 e. The van der Waals surface area contributed by atoms with Gasteiger partial charge in [-0.15, -0.1) is 0 Å². The van der Waals surface area contributed by atoms with Crippen molar-refractivity contribution in [1.82, 2.24) is 0 Å². The molecule has 0 aliphatic heterocycles. The van der Waals surface area contributed by atoms with E-state index in [1.165, 1.54) is 0 Å². The summed E-state index contributed by atoms with van der Waals surface area (Å²) in [5.41, 5.74) is 0. The van der Waals surface area contributed by atoms with E-state index in [0.717, 1.165) is 0 Å². The number of carbonyl (C=O) groups excluding carboxylic acids is 4. The monoisotopic (exact) mass is 628 g/mol. The summed E-state index contributed by atoms with van der Waals surface area (Å²) in [5.74, 6) is -6.48. The number of aliphatic hydroxyl groups excluding tert-OH is 3. The van der Waals surface area contributed by atoms with Crippen LogP contribution < -0.4 is 84.6 Å². The van der Waals surface area contributed by atoms with E-state index in [4.69, 9.17) is 15.3 Å². The topological polar surface area (TPSA) is 281 Å². The maximum Gasteiger partial charge on any atom is 3.00 e. The second kappa shape index (κ2) is 37.4. The minimum absolute atomic E-state index is 0. The summed E-state index contributed by atoms with van der Waals surface area (Å²) in [4.78, 5) is 38.3. The fraction of sp³-hybridized carbons (Fsp3) is 0.667. The third-order valence-electron chi connectivity index (χ3n) is 1.96. The molecule has 0 aromatic rings. The molecule has 0 aromatic heterocycles. The predicted octanol–water partition coefficient (Wildman–Crippen LogP) is -13.9. The van der Waals surface area contributed by atoms with Gasteiger partial charge < -0.3 is 60.0 Å². The van der Waals surface area contributed by atoms with E-state index in [0.29, 0.717) is 0 Å². The minimum atomic E-state index is -1.88. The van der Waals surface area contributed by atoms with E-state index in [9.17, 15) is 44.7 Å². The molecule has 23 heteroatoms. The zero-order valence-corrected chi connectivity index (χ0v) is 26.1. The Morgan fingerprint density at radius 2 is 0.771 bits per heavy atom. The number of rotatable bonds is 12. The van der Waals surface area contributed by atoms with Gasteiger partial charge in [-0.05, 0) is 0 Å². The van der Waals surface area contributed by atoms with Crippen LogP contribution in [0.25, 0.3) is 0 Å². The van der Waals surface area contributed by atoms with E-state index >= 15 is 0 Å². The number of aliphatic hydroxyl groups is 3. The second-order valence-corrected chi connectivity index (χ2v) is 5.29. The Balaban J connectivity index is -0.0000000581. The first kappa shape index (κ1) is 52.6. The zero-order chi connectivity index (χ0) is 26.3. The SMILES string of the molecule is O=C([O-])C(O)COCl.O=C([O-])C(O)COCl.O=C([O-])C(O)COCl.O=C([O-])C([O-])COCl.[Al+3].[Na+].[Na+]. The number of carboxylic acids is 4. The first-order chi connectivity index (χ1) is 14.7. The molecule has 0 saturated carbocycles. The molecule has 3 N–H and O–H groups in total. The van der Waals surface area contributed by atoms with Crippen molar-refractivity contribution >= 4 is 88.7 Å². The third-order valence-corrected chi connectivity index (χ3v) is 2.46. The van der Waals surface area contributed by atoms with Gasteiger partial charge >= 0.3 is 76.5 Å². The van der Waals surface area contributed by atoms with Gasteiger partial charge in [0.2, 0.25) is 0 Å². The molecule has 0 aliphatic rings. The van der Waals surface area contributed by atoms with Crippen molar-refractivity contribution in [3.63, 3.8) is 0 Å². The molecule has 0 radical (unpaired) electrons. The van der Waals surface area contributed by atoms with Crippen LogP contribution in [0.4, 0.5) is 0 Å². The average molecular weight is 630 g/mol. The van der Waals surface area contributed by atoms with E-state index in [-0.39, 0.29) is 76.5 Å². The molecule has 16 nitrogen and oxygen atoms in total. The molecule has 4 unspecified atom stereocenters. The first-order valence-corrected chi connectivity index (χ1v) is 8.44. The van der Waals surface area contributed by atoms with Crippen molar-refractivity contribution in [2.45, 2.75) is 24.4 Å². The van der Waals surface area contributed by atoms with Crippen LogP contribution in [-0.4, -0.2) is 107 Å². The predicted molar refractivity (Wildman–Crippen MR) is 94.8 cm³/mol. The Morgan fingerprint density at radius 1 is 0.571 bits per heavy atom. The van der Waals surface area contributed by atoms with Gasteiger partial charge in [-0.25, -0.2) is 0 Å². The first-order valence-electron chi connectivity index (χ1n) is 7.20. The van der Waals surface area contributed by atoms with Gasteiger partial charge in [-0.1, -0.05) is 6.10 Å². The Labute approximate surface area is 273 Å². The second-order valence-electron chi connectivity index (χ2n) is 4.42. The number of hydrogen-bond donors (Lipinski definition) is 3. The van der Waals surface area contributed by atoms with Crippen molar-refractivity contribution < 1.29 is 136 Å². The number of aliphatic carboxylic acids is 4. The molecule has 35 heavy (non-hydrogen) atoms. The van der Waals surface area contributed by atoms with Gasteiger partial charge in [0.1, 0.15) is 18.3 Å². The van der Waals surface area contributed by atoms with Gasteiger partial charge in [-0.3, -0.25) is 17.2 Å². The summed E-state index contributed by atoms with van der Waals surface area (Å²) in [7, 11) is 0. The van der Waals surface area contributed by atoms with Crippen LogP contribution in [0.15, 0.2) is 0 Å². The summed E-state index contributed by atoms with van der Waals surface area (Å²) in [5, 5.41) is 73.0. The van der Waals surface area contributed by atoms with Crippen molar-refractivity contribution in [2.75, 3.05) is 26.4 Å². The van der Waals surface area contributed by atoms with Gasteiger partial charge in [-0.2, -0.15) is 0 Å². The van der Waals surface area contributed by atoms with Crippen molar-refractivity contribution in [3.05, 3.63) is 0 Å². The van der Waals surface area contributed by atoms with Crippen LogP contribution >= 0.6 is 47.5 Å². The van der Waals surface area contributed by atoms with E-state index in [1.807, 2.05) is 0 Å². The quantitative estimate of drug-likeness (QED) is 0.169. The molecule has 0 rings (SSSR count). The summed E-state index contributed by atoms with van der Waals surface area (Å²) in [6, 6.07) is 0. The number of hydrogen-bond acceptors (Lipinski definition) is 16. The maximum atomic E-state index is 9.95. The molecule has 192 valence electrons. The molecule has 0 fully saturated rings.